The topological polar surface area (TPSA) is 54.8 Å². The van der Waals surface area contributed by atoms with E-state index in [0.717, 1.165) is 56.5 Å². The second-order valence-electron chi connectivity index (χ2n) is 7.77. The third-order valence-electron chi connectivity index (χ3n) is 6.08. The van der Waals surface area contributed by atoms with Crippen molar-refractivity contribution in [1.82, 2.24) is 14.4 Å². The van der Waals surface area contributed by atoms with Gasteiger partial charge in [-0.05, 0) is 24.8 Å². The molecule has 5 rings (SSSR count). The van der Waals surface area contributed by atoms with Crippen molar-refractivity contribution in [2.75, 3.05) is 39.9 Å². The van der Waals surface area contributed by atoms with Crippen molar-refractivity contribution in [1.29, 1.82) is 0 Å². The van der Waals surface area contributed by atoms with Gasteiger partial charge in [0.1, 0.15) is 0 Å². The van der Waals surface area contributed by atoms with Crippen LogP contribution in [0.4, 0.5) is 0 Å². The van der Waals surface area contributed by atoms with Crippen LogP contribution in [0, 0.1) is 5.92 Å². The third-order valence-corrected chi connectivity index (χ3v) is 6.08. The van der Waals surface area contributed by atoms with E-state index in [-0.39, 0.29) is 11.5 Å². The first-order valence-electron chi connectivity index (χ1n) is 9.69. The van der Waals surface area contributed by atoms with Crippen molar-refractivity contribution in [3.63, 3.8) is 0 Å². The average Bonchev–Trinajstić information content (AvgIpc) is 3.00. The molecule has 3 saturated heterocycles. The number of ether oxygens (including phenoxy) is 1. The van der Waals surface area contributed by atoms with Gasteiger partial charge >= 0.3 is 0 Å². The highest BCUT2D eigenvalue weighted by molar-refractivity contribution is 6.06. The first kappa shape index (κ1) is 18.2. The van der Waals surface area contributed by atoms with E-state index >= 15 is 0 Å². The fraction of sp³-hybridized carbons (Fsp3) is 0.524. The summed E-state index contributed by atoms with van der Waals surface area (Å²) in [6, 6.07) is 9.52. The molecule has 3 aliphatic rings. The molecule has 144 valence electrons. The van der Waals surface area contributed by atoms with Crippen molar-refractivity contribution in [3.8, 4) is 0 Å². The number of nitrogens with zero attached hydrogens (tertiary/aromatic N) is 3. The molecule has 1 aromatic heterocycles. The summed E-state index contributed by atoms with van der Waals surface area (Å²) < 4.78 is 6.85. The van der Waals surface area contributed by atoms with Gasteiger partial charge < -0.3 is 14.2 Å². The summed E-state index contributed by atoms with van der Waals surface area (Å²) in [5.41, 5.74) is 1.18. The standard InChI is InChI=1S/C21H27N3O3/c1-22-19-6-4-3-5-17(19)18(11-20(22)25)21(26)24-13-15-7-8-16(14-24)23(12-15)9-10-27-2/h3-6,11,15-16H,7-10,12-14H2,1-2H3/t15-,16-/m0/s1. The zero-order valence-corrected chi connectivity index (χ0v) is 16.1. The molecule has 6 heteroatoms. The smallest absolute Gasteiger partial charge is 0.254 e. The molecule has 0 radical (unpaired) electrons. The zero-order chi connectivity index (χ0) is 19.0. The van der Waals surface area contributed by atoms with Crippen LogP contribution in [0.2, 0.25) is 0 Å². The average molecular weight is 369 g/mol. The summed E-state index contributed by atoms with van der Waals surface area (Å²) >= 11 is 0. The number of aromatic nitrogens is 1. The lowest BCUT2D eigenvalue weighted by molar-refractivity contribution is 0.0719. The molecule has 2 bridgehead atoms. The Morgan fingerprint density at radius 3 is 2.81 bits per heavy atom. The van der Waals surface area contributed by atoms with E-state index in [1.165, 1.54) is 6.07 Å². The molecule has 1 aromatic carbocycles. The summed E-state index contributed by atoms with van der Waals surface area (Å²) in [4.78, 5) is 30.2. The van der Waals surface area contributed by atoms with E-state index in [0.29, 0.717) is 17.5 Å². The number of fused-ring (bicyclic) bond motifs is 5. The Balaban J connectivity index is 1.65. The molecule has 0 N–H and O–H groups in total. The second kappa shape index (κ2) is 7.44. The van der Waals surface area contributed by atoms with Gasteiger partial charge in [-0.25, -0.2) is 0 Å². The SMILES string of the molecule is COCCN1C[C@@H]2CC[C@H]1CN(C(=O)c1cc(=O)n(C)c3ccccc13)C2. The molecule has 3 aliphatic heterocycles. The molecule has 2 aromatic rings. The number of rotatable bonds is 4. The zero-order valence-electron chi connectivity index (χ0n) is 16.1. The van der Waals surface area contributed by atoms with Gasteiger partial charge in [0.15, 0.2) is 0 Å². The minimum atomic E-state index is -0.142. The van der Waals surface area contributed by atoms with Gasteiger partial charge in [0.05, 0.1) is 17.7 Å². The lowest BCUT2D eigenvalue weighted by Crippen LogP contribution is -2.45. The Bertz CT molecular complexity index is 907. The fourth-order valence-electron chi connectivity index (χ4n) is 4.59. The highest BCUT2D eigenvalue weighted by atomic mass is 16.5. The molecule has 2 atom stereocenters. The Hall–Kier alpha value is -2.18. The van der Waals surface area contributed by atoms with Crippen molar-refractivity contribution >= 4 is 16.8 Å². The minimum Gasteiger partial charge on any atom is -0.383 e. The number of aryl methyl sites for hydroxylation is 1. The predicted molar refractivity (Wildman–Crippen MR) is 105 cm³/mol. The van der Waals surface area contributed by atoms with Crippen molar-refractivity contribution in [2.45, 2.75) is 18.9 Å². The van der Waals surface area contributed by atoms with E-state index in [9.17, 15) is 9.59 Å². The molecule has 0 saturated carbocycles. The number of piperidine rings is 1. The molecule has 27 heavy (non-hydrogen) atoms. The van der Waals surface area contributed by atoms with Crippen molar-refractivity contribution in [3.05, 3.63) is 46.2 Å². The van der Waals surface area contributed by atoms with E-state index in [4.69, 9.17) is 4.74 Å². The fourth-order valence-corrected chi connectivity index (χ4v) is 4.59. The Morgan fingerprint density at radius 2 is 2.00 bits per heavy atom. The van der Waals surface area contributed by atoms with Crippen LogP contribution in [0.5, 0.6) is 0 Å². The molecule has 1 amide bonds. The first-order valence-corrected chi connectivity index (χ1v) is 9.69. The van der Waals surface area contributed by atoms with Crippen molar-refractivity contribution < 1.29 is 9.53 Å². The van der Waals surface area contributed by atoms with Gasteiger partial charge in [-0.2, -0.15) is 0 Å². The number of carbonyl (C=O) groups excluding carboxylic acids is 1. The maximum Gasteiger partial charge on any atom is 0.254 e. The van der Waals surface area contributed by atoms with Crippen LogP contribution in [-0.4, -0.2) is 66.2 Å². The van der Waals surface area contributed by atoms with Crippen LogP contribution in [0.3, 0.4) is 0 Å². The molecule has 0 spiro atoms. The highest BCUT2D eigenvalue weighted by Gasteiger charge is 2.36. The van der Waals surface area contributed by atoms with Crippen LogP contribution < -0.4 is 5.56 Å². The maximum absolute atomic E-state index is 13.4. The Labute approximate surface area is 159 Å². The van der Waals surface area contributed by atoms with E-state index in [1.54, 1.807) is 18.7 Å². The van der Waals surface area contributed by atoms with E-state index < -0.39 is 0 Å². The molecule has 0 aliphatic carbocycles. The largest absolute Gasteiger partial charge is 0.383 e. The van der Waals surface area contributed by atoms with Crippen LogP contribution in [0.1, 0.15) is 23.2 Å². The number of carbonyl (C=O) groups is 1. The second-order valence-corrected chi connectivity index (χ2v) is 7.77. The third kappa shape index (κ3) is 3.39. The van der Waals surface area contributed by atoms with Gasteiger partial charge in [0.25, 0.3) is 11.5 Å². The number of benzene rings is 1. The molecular formula is C21H27N3O3. The van der Waals surface area contributed by atoms with Gasteiger partial charge in [-0.15, -0.1) is 0 Å². The molecular weight excluding hydrogens is 342 g/mol. The number of methoxy groups -OCH3 is 1. The van der Waals surface area contributed by atoms with Gasteiger partial charge in [0.2, 0.25) is 0 Å². The maximum atomic E-state index is 13.4. The first-order chi connectivity index (χ1) is 13.1. The lowest BCUT2D eigenvalue weighted by atomic mass is 9.95. The number of hydrogen-bond donors (Lipinski definition) is 0. The Kier molecular flexibility index (Phi) is 5.02. The van der Waals surface area contributed by atoms with Crippen LogP contribution in [0.25, 0.3) is 10.9 Å². The lowest BCUT2D eigenvalue weighted by Gasteiger charge is -2.35. The van der Waals surface area contributed by atoms with E-state index in [1.807, 2.05) is 29.2 Å². The minimum absolute atomic E-state index is 0.0191. The highest BCUT2D eigenvalue weighted by Crippen LogP contribution is 2.29. The van der Waals surface area contributed by atoms with Crippen molar-refractivity contribution in [2.24, 2.45) is 13.0 Å². The van der Waals surface area contributed by atoms with Crippen LogP contribution in [-0.2, 0) is 11.8 Å². The molecule has 0 unspecified atom stereocenters. The summed E-state index contributed by atoms with van der Waals surface area (Å²) in [5.74, 6) is 0.469. The van der Waals surface area contributed by atoms with Gasteiger partial charge in [0, 0.05) is 57.8 Å². The Morgan fingerprint density at radius 1 is 1.19 bits per heavy atom. The van der Waals surface area contributed by atoms with Crippen LogP contribution in [0.15, 0.2) is 35.1 Å². The molecule has 4 heterocycles. The van der Waals surface area contributed by atoms with Gasteiger partial charge in [-0.1, -0.05) is 18.2 Å². The number of para-hydroxylation sites is 1. The normalized spacial score (nSPS) is 23.0. The van der Waals surface area contributed by atoms with E-state index in [2.05, 4.69) is 4.90 Å². The molecule has 3 fully saturated rings. The number of amides is 1. The quantitative estimate of drug-likeness (QED) is 0.824. The van der Waals surface area contributed by atoms with Crippen LogP contribution >= 0.6 is 0 Å². The summed E-state index contributed by atoms with van der Waals surface area (Å²) in [6.45, 7) is 4.14. The molecule has 6 nitrogen and oxygen atoms in total. The number of hydrogen-bond acceptors (Lipinski definition) is 4. The summed E-state index contributed by atoms with van der Waals surface area (Å²) in [5, 5.41) is 0.845. The monoisotopic (exact) mass is 369 g/mol. The summed E-state index contributed by atoms with van der Waals surface area (Å²) in [6.07, 6.45) is 2.28. The summed E-state index contributed by atoms with van der Waals surface area (Å²) in [7, 11) is 3.48. The predicted octanol–water partition coefficient (Wildman–Crippen LogP) is 1.72. The number of pyridine rings is 1. The van der Waals surface area contributed by atoms with Gasteiger partial charge in [-0.3, -0.25) is 14.5 Å².